The van der Waals surface area contributed by atoms with Gasteiger partial charge in [-0.15, -0.1) is 0 Å². The number of nitrogens with zero attached hydrogens (tertiary/aromatic N) is 1. The molecule has 0 unspecified atom stereocenters. The van der Waals surface area contributed by atoms with Gasteiger partial charge in [-0.3, -0.25) is 4.79 Å². The number of carbonyl (C=O) groups excluding carboxylic acids is 1. The van der Waals surface area contributed by atoms with E-state index in [1.165, 1.54) is 25.1 Å². The van der Waals surface area contributed by atoms with Crippen LogP contribution in [0.4, 0.5) is 10.1 Å². The molecule has 2 N–H and O–H groups in total. The zero-order valence-electron chi connectivity index (χ0n) is 10.7. The van der Waals surface area contributed by atoms with Gasteiger partial charge in [-0.1, -0.05) is 0 Å². The molecule has 0 aromatic heterocycles. The number of benzene rings is 2. The van der Waals surface area contributed by atoms with Crippen LogP contribution in [-0.4, -0.2) is 5.78 Å². The Hall–Kier alpha value is -2.87. The second-order valence-corrected chi connectivity index (χ2v) is 4.16. The van der Waals surface area contributed by atoms with E-state index in [4.69, 9.17) is 15.7 Å². The summed E-state index contributed by atoms with van der Waals surface area (Å²) < 4.78 is 18.9. The predicted octanol–water partition coefficient (Wildman–Crippen LogP) is 3.27. The van der Waals surface area contributed by atoms with Crippen molar-refractivity contribution in [2.75, 3.05) is 5.73 Å². The minimum Gasteiger partial charge on any atom is -0.457 e. The Balaban J connectivity index is 2.31. The third-order valence-corrected chi connectivity index (χ3v) is 2.70. The lowest BCUT2D eigenvalue weighted by Crippen LogP contribution is -2.00. The van der Waals surface area contributed by atoms with Crippen LogP contribution in [0.15, 0.2) is 36.4 Å². The molecule has 0 bridgehead atoms. The van der Waals surface area contributed by atoms with Gasteiger partial charge in [-0.05, 0) is 37.3 Å². The lowest BCUT2D eigenvalue weighted by atomic mass is 10.1. The second-order valence-electron chi connectivity index (χ2n) is 4.16. The second kappa shape index (κ2) is 5.41. The number of anilines is 1. The summed E-state index contributed by atoms with van der Waals surface area (Å²) in [6.45, 7) is 1.40. The number of nitrogen functional groups attached to an aromatic ring is 1. The van der Waals surface area contributed by atoms with E-state index in [9.17, 15) is 9.18 Å². The van der Waals surface area contributed by atoms with E-state index >= 15 is 0 Å². The highest BCUT2D eigenvalue weighted by Crippen LogP contribution is 2.26. The van der Waals surface area contributed by atoms with Crippen LogP contribution in [0, 0.1) is 17.1 Å². The SMILES string of the molecule is CC(=O)c1cc(Oc2ccc(C#N)c(F)c2)ccc1N. The predicted molar refractivity (Wildman–Crippen MR) is 72.0 cm³/mol. The molecule has 0 saturated heterocycles. The highest BCUT2D eigenvalue weighted by molar-refractivity contribution is 5.99. The summed E-state index contributed by atoms with van der Waals surface area (Å²) >= 11 is 0. The van der Waals surface area contributed by atoms with Crippen molar-refractivity contribution in [3.63, 3.8) is 0 Å². The van der Waals surface area contributed by atoms with Gasteiger partial charge in [0.05, 0.1) is 5.56 Å². The third kappa shape index (κ3) is 2.75. The quantitative estimate of drug-likeness (QED) is 0.686. The Bertz CT molecular complexity index is 720. The van der Waals surface area contributed by atoms with E-state index in [1.54, 1.807) is 18.2 Å². The topological polar surface area (TPSA) is 76.1 Å². The minimum atomic E-state index is -0.660. The first-order chi connectivity index (χ1) is 9.51. The molecule has 2 aromatic rings. The van der Waals surface area contributed by atoms with E-state index < -0.39 is 5.82 Å². The number of Topliss-reactive ketones (excluding diaryl/α,β-unsaturated/α-hetero) is 1. The molecule has 100 valence electrons. The Morgan fingerprint density at radius 2 is 1.90 bits per heavy atom. The molecule has 0 radical (unpaired) electrons. The zero-order chi connectivity index (χ0) is 14.7. The maximum Gasteiger partial charge on any atom is 0.162 e. The van der Waals surface area contributed by atoms with Crippen molar-refractivity contribution in [2.45, 2.75) is 6.92 Å². The lowest BCUT2D eigenvalue weighted by molar-refractivity contribution is 0.101. The fraction of sp³-hybridized carbons (Fsp3) is 0.0667. The first-order valence-electron chi connectivity index (χ1n) is 5.79. The van der Waals surface area contributed by atoms with Gasteiger partial charge in [-0.2, -0.15) is 5.26 Å². The molecule has 0 fully saturated rings. The standard InChI is InChI=1S/C15H11FN2O2/c1-9(19)13-6-11(4-5-15(13)18)20-12-3-2-10(8-17)14(16)7-12/h2-7H,18H2,1H3. The summed E-state index contributed by atoms with van der Waals surface area (Å²) in [5.74, 6) is -0.236. The molecule has 5 heteroatoms. The highest BCUT2D eigenvalue weighted by Gasteiger charge is 2.08. The van der Waals surface area contributed by atoms with Gasteiger partial charge in [0.25, 0.3) is 0 Å². The number of halogens is 1. The molecule has 0 aliphatic rings. The molecular formula is C15H11FN2O2. The summed E-state index contributed by atoms with van der Waals surface area (Å²) in [5.41, 5.74) is 6.32. The van der Waals surface area contributed by atoms with Gasteiger partial charge in [-0.25, -0.2) is 4.39 Å². The molecule has 20 heavy (non-hydrogen) atoms. The van der Waals surface area contributed by atoms with Gasteiger partial charge < -0.3 is 10.5 Å². The van der Waals surface area contributed by atoms with Crippen LogP contribution in [0.25, 0.3) is 0 Å². The van der Waals surface area contributed by atoms with Crippen molar-refractivity contribution < 1.29 is 13.9 Å². The number of carbonyl (C=O) groups is 1. The van der Waals surface area contributed by atoms with Crippen molar-refractivity contribution >= 4 is 11.5 Å². The first-order valence-corrected chi connectivity index (χ1v) is 5.79. The van der Waals surface area contributed by atoms with Crippen molar-refractivity contribution in [3.8, 4) is 17.6 Å². The molecule has 0 saturated carbocycles. The highest BCUT2D eigenvalue weighted by atomic mass is 19.1. The number of hydrogen-bond donors (Lipinski definition) is 1. The van der Waals surface area contributed by atoms with Crippen LogP contribution in [0.3, 0.4) is 0 Å². The zero-order valence-corrected chi connectivity index (χ0v) is 10.7. The lowest BCUT2D eigenvalue weighted by Gasteiger charge is -2.08. The number of ketones is 1. The van der Waals surface area contributed by atoms with Gasteiger partial charge in [0.1, 0.15) is 23.4 Å². The minimum absolute atomic E-state index is 0.0564. The molecule has 0 amide bonds. The fourth-order valence-corrected chi connectivity index (χ4v) is 1.69. The van der Waals surface area contributed by atoms with Crippen LogP contribution in [0.1, 0.15) is 22.8 Å². The van der Waals surface area contributed by atoms with Crippen molar-refractivity contribution in [3.05, 3.63) is 53.3 Å². The summed E-state index contributed by atoms with van der Waals surface area (Å²) in [6, 6.07) is 10.3. The van der Waals surface area contributed by atoms with E-state index in [2.05, 4.69) is 0 Å². The van der Waals surface area contributed by atoms with Crippen molar-refractivity contribution in [1.82, 2.24) is 0 Å². The number of ether oxygens (including phenoxy) is 1. The Morgan fingerprint density at radius 3 is 2.50 bits per heavy atom. The average molecular weight is 270 g/mol. The molecule has 0 aliphatic carbocycles. The maximum atomic E-state index is 13.4. The third-order valence-electron chi connectivity index (χ3n) is 2.70. The van der Waals surface area contributed by atoms with Crippen LogP contribution >= 0.6 is 0 Å². The summed E-state index contributed by atoms with van der Waals surface area (Å²) in [4.78, 5) is 11.4. The van der Waals surface area contributed by atoms with Gasteiger partial charge in [0, 0.05) is 17.3 Å². The van der Waals surface area contributed by atoms with Crippen molar-refractivity contribution in [2.24, 2.45) is 0 Å². The number of nitriles is 1. The molecule has 2 rings (SSSR count). The molecule has 2 aromatic carbocycles. The molecule has 0 spiro atoms. The van der Waals surface area contributed by atoms with E-state index in [0.29, 0.717) is 17.0 Å². The summed E-state index contributed by atoms with van der Waals surface area (Å²) in [5, 5.41) is 8.64. The smallest absolute Gasteiger partial charge is 0.162 e. The Kier molecular flexibility index (Phi) is 3.67. The number of hydrogen-bond acceptors (Lipinski definition) is 4. The normalized spacial score (nSPS) is 9.85. The summed E-state index contributed by atoms with van der Waals surface area (Å²) in [7, 11) is 0. The molecule has 0 aliphatic heterocycles. The van der Waals surface area contributed by atoms with E-state index in [0.717, 1.165) is 6.07 Å². The molecule has 0 atom stereocenters. The van der Waals surface area contributed by atoms with E-state index in [-0.39, 0.29) is 17.1 Å². The Labute approximate surface area is 115 Å². The molecular weight excluding hydrogens is 259 g/mol. The van der Waals surface area contributed by atoms with Crippen LogP contribution < -0.4 is 10.5 Å². The summed E-state index contributed by atoms with van der Waals surface area (Å²) in [6.07, 6.45) is 0. The van der Waals surface area contributed by atoms with Crippen LogP contribution in [-0.2, 0) is 0 Å². The molecule has 0 heterocycles. The van der Waals surface area contributed by atoms with Crippen LogP contribution in [0.5, 0.6) is 11.5 Å². The maximum absolute atomic E-state index is 13.4. The number of nitrogens with two attached hydrogens (primary N) is 1. The first kappa shape index (κ1) is 13.6. The average Bonchev–Trinajstić information content (AvgIpc) is 2.41. The van der Waals surface area contributed by atoms with Gasteiger partial charge >= 0.3 is 0 Å². The monoisotopic (exact) mass is 270 g/mol. The fourth-order valence-electron chi connectivity index (χ4n) is 1.69. The van der Waals surface area contributed by atoms with E-state index in [1.807, 2.05) is 0 Å². The van der Waals surface area contributed by atoms with Gasteiger partial charge in [0.15, 0.2) is 5.78 Å². The van der Waals surface area contributed by atoms with Crippen LogP contribution in [0.2, 0.25) is 0 Å². The molecule has 4 nitrogen and oxygen atoms in total. The number of rotatable bonds is 3. The van der Waals surface area contributed by atoms with Gasteiger partial charge in [0.2, 0.25) is 0 Å². The Morgan fingerprint density at radius 1 is 1.25 bits per heavy atom. The van der Waals surface area contributed by atoms with Crippen molar-refractivity contribution in [1.29, 1.82) is 5.26 Å². The largest absolute Gasteiger partial charge is 0.457 e.